The van der Waals surface area contributed by atoms with E-state index in [1.165, 1.54) is 10.8 Å². The van der Waals surface area contributed by atoms with Crippen molar-refractivity contribution in [1.82, 2.24) is 4.57 Å². The van der Waals surface area contributed by atoms with Crippen LogP contribution in [0.25, 0.3) is 49.4 Å². The molecule has 0 aliphatic heterocycles. The van der Waals surface area contributed by atoms with Crippen molar-refractivity contribution in [3.05, 3.63) is 200 Å². The van der Waals surface area contributed by atoms with Crippen molar-refractivity contribution in [2.75, 3.05) is 9.80 Å². The van der Waals surface area contributed by atoms with Gasteiger partial charge >= 0.3 is 0 Å². The molecule has 0 saturated heterocycles. The minimum atomic E-state index is 0.880. The average Bonchev–Trinajstić information content (AvgIpc) is 3.75. The van der Waals surface area contributed by atoms with Gasteiger partial charge in [-0.25, -0.2) is 0 Å². The number of furan rings is 1. The second-order valence-corrected chi connectivity index (χ2v) is 13.0. The third kappa shape index (κ3) is 4.92. The van der Waals surface area contributed by atoms with E-state index in [-0.39, 0.29) is 0 Å². The van der Waals surface area contributed by atoms with Crippen molar-refractivity contribution < 1.29 is 4.42 Å². The maximum Gasteiger partial charge on any atom is 0.135 e. The number of anilines is 6. The van der Waals surface area contributed by atoms with Crippen LogP contribution in [-0.2, 0) is 0 Å². The topological polar surface area (TPSA) is 24.6 Å². The van der Waals surface area contributed by atoms with E-state index in [1.54, 1.807) is 0 Å². The summed E-state index contributed by atoms with van der Waals surface area (Å²) in [4.78, 5) is 4.75. The lowest BCUT2D eigenvalue weighted by Gasteiger charge is -2.30. The molecule has 0 N–H and O–H groups in total. The van der Waals surface area contributed by atoms with Crippen LogP contribution < -0.4 is 9.80 Å². The van der Waals surface area contributed by atoms with Gasteiger partial charge in [0.25, 0.3) is 0 Å². The summed E-state index contributed by atoms with van der Waals surface area (Å²) in [7, 11) is 0. The van der Waals surface area contributed by atoms with Crippen molar-refractivity contribution in [2.45, 2.75) is 0 Å². The van der Waals surface area contributed by atoms with E-state index in [0.29, 0.717) is 0 Å². The molecule has 0 saturated carbocycles. The first-order valence-corrected chi connectivity index (χ1v) is 17.6. The summed E-state index contributed by atoms with van der Waals surface area (Å²) < 4.78 is 8.69. The first-order valence-electron chi connectivity index (χ1n) is 17.6. The molecule has 246 valence electrons. The van der Waals surface area contributed by atoms with Gasteiger partial charge in [0, 0.05) is 50.0 Å². The predicted octanol–water partition coefficient (Wildman–Crippen LogP) is 13.6. The second kappa shape index (κ2) is 12.4. The van der Waals surface area contributed by atoms with Crippen LogP contribution >= 0.6 is 0 Å². The van der Waals surface area contributed by atoms with Gasteiger partial charge in [-0.15, -0.1) is 0 Å². The van der Waals surface area contributed by atoms with Crippen LogP contribution in [0.15, 0.2) is 205 Å². The molecule has 0 radical (unpaired) electrons. The first kappa shape index (κ1) is 29.8. The van der Waals surface area contributed by atoms with E-state index in [4.69, 9.17) is 4.42 Å². The van der Waals surface area contributed by atoms with Crippen LogP contribution in [0, 0.1) is 0 Å². The quantitative estimate of drug-likeness (QED) is 0.169. The normalized spacial score (nSPS) is 11.5. The molecule has 10 rings (SSSR count). The van der Waals surface area contributed by atoms with E-state index in [1.807, 2.05) is 12.1 Å². The monoisotopic (exact) mass is 667 g/mol. The third-order valence-electron chi connectivity index (χ3n) is 9.91. The molecule has 4 heteroatoms. The molecule has 52 heavy (non-hydrogen) atoms. The van der Waals surface area contributed by atoms with Crippen molar-refractivity contribution in [3.63, 3.8) is 0 Å². The number of hydrogen-bond donors (Lipinski definition) is 0. The fraction of sp³-hybridized carbons (Fsp3) is 0. The fourth-order valence-electron chi connectivity index (χ4n) is 7.68. The second-order valence-electron chi connectivity index (χ2n) is 13.0. The van der Waals surface area contributed by atoms with Crippen LogP contribution in [0.3, 0.4) is 0 Å². The van der Waals surface area contributed by atoms with Crippen LogP contribution in [0.1, 0.15) is 0 Å². The van der Waals surface area contributed by atoms with Gasteiger partial charge in [-0.1, -0.05) is 109 Å². The maximum absolute atomic E-state index is 6.27. The zero-order valence-corrected chi connectivity index (χ0v) is 28.3. The fourth-order valence-corrected chi connectivity index (χ4v) is 7.68. The van der Waals surface area contributed by atoms with Crippen LogP contribution in [-0.4, -0.2) is 4.57 Å². The number of hydrogen-bond acceptors (Lipinski definition) is 3. The highest BCUT2D eigenvalue weighted by molar-refractivity contribution is 6.18. The lowest BCUT2D eigenvalue weighted by molar-refractivity contribution is 0.669. The van der Waals surface area contributed by atoms with E-state index in [0.717, 1.165) is 72.8 Å². The smallest absolute Gasteiger partial charge is 0.135 e. The molecule has 0 amide bonds. The summed E-state index contributed by atoms with van der Waals surface area (Å²) in [6.45, 7) is 0. The SMILES string of the molecule is c1ccc(N(c2ccccc2)c2cc(N(c3ccccc3)c3ccccc3)c3c4ccccc4n(-c4ccc5oc6ccccc6c5c4)c3c2)cc1. The molecular formula is C48H33N3O. The zero-order valence-electron chi connectivity index (χ0n) is 28.3. The average molecular weight is 668 g/mol. The molecule has 0 aliphatic carbocycles. The minimum Gasteiger partial charge on any atom is -0.456 e. The van der Waals surface area contributed by atoms with Gasteiger partial charge in [0.2, 0.25) is 0 Å². The van der Waals surface area contributed by atoms with Gasteiger partial charge < -0.3 is 18.8 Å². The number of benzene rings is 8. The molecule has 10 aromatic rings. The van der Waals surface area contributed by atoms with Gasteiger partial charge in [0.15, 0.2) is 0 Å². The van der Waals surface area contributed by atoms with Crippen molar-refractivity contribution >= 4 is 77.9 Å². The van der Waals surface area contributed by atoms with Crippen LogP contribution in [0.2, 0.25) is 0 Å². The Morgan fingerprint density at radius 2 is 0.846 bits per heavy atom. The lowest BCUT2D eigenvalue weighted by Crippen LogP contribution is -2.14. The molecule has 0 fully saturated rings. The van der Waals surface area contributed by atoms with Crippen molar-refractivity contribution in [1.29, 1.82) is 0 Å². The Hall–Kier alpha value is -7.04. The zero-order chi connectivity index (χ0) is 34.4. The summed E-state index contributed by atoms with van der Waals surface area (Å²) in [5, 5.41) is 4.56. The number of fused-ring (bicyclic) bond motifs is 6. The van der Waals surface area contributed by atoms with E-state index < -0.39 is 0 Å². The standard InChI is InChI=1S/C48H33N3O/c1-5-17-34(18-6-1)49(35-19-7-2-8-20-35)39-32-44(50(36-21-9-3-10-22-36)37-23-11-4-12-24-37)48-41-26-13-15-27-43(41)51(45(48)33-39)38-29-30-47-42(31-38)40-25-14-16-28-46(40)52-47/h1-33H. The Kier molecular flexibility index (Phi) is 7.10. The molecular weight excluding hydrogens is 635 g/mol. The molecule has 8 aromatic carbocycles. The Morgan fingerprint density at radius 3 is 1.46 bits per heavy atom. The summed E-state index contributed by atoms with van der Waals surface area (Å²) in [5.74, 6) is 0. The largest absolute Gasteiger partial charge is 0.456 e. The number of para-hydroxylation sites is 6. The summed E-state index contributed by atoms with van der Waals surface area (Å²) in [6, 6.07) is 70.9. The molecule has 4 nitrogen and oxygen atoms in total. The summed E-state index contributed by atoms with van der Waals surface area (Å²) in [6.07, 6.45) is 0. The van der Waals surface area contributed by atoms with Gasteiger partial charge in [-0.2, -0.15) is 0 Å². The Labute approximate surface area is 301 Å². The van der Waals surface area contributed by atoms with Crippen molar-refractivity contribution in [2.24, 2.45) is 0 Å². The molecule has 0 atom stereocenters. The summed E-state index contributed by atoms with van der Waals surface area (Å²) in [5.41, 5.74) is 11.6. The van der Waals surface area contributed by atoms with Gasteiger partial charge in [-0.3, -0.25) is 0 Å². The minimum absolute atomic E-state index is 0.880. The number of rotatable bonds is 7. The Balaban J connectivity index is 1.35. The van der Waals surface area contributed by atoms with E-state index >= 15 is 0 Å². The maximum atomic E-state index is 6.27. The first-order chi connectivity index (χ1) is 25.8. The Morgan fingerprint density at radius 1 is 0.346 bits per heavy atom. The van der Waals surface area contributed by atoms with Gasteiger partial charge in [-0.05, 0) is 91.0 Å². The number of aromatic nitrogens is 1. The van der Waals surface area contributed by atoms with Gasteiger partial charge in [0.05, 0.1) is 22.4 Å². The predicted molar refractivity (Wildman–Crippen MR) is 217 cm³/mol. The van der Waals surface area contributed by atoms with E-state index in [9.17, 15) is 0 Å². The molecule has 0 bridgehead atoms. The molecule has 0 unspecified atom stereocenters. The lowest BCUT2D eigenvalue weighted by atomic mass is 10.1. The van der Waals surface area contributed by atoms with Crippen LogP contribution in [0.4, 0.5) is 34.1 Å². The molecule has 0 spiro atoms. The van der Waals surface area contributed by atoms with Gasteiger partial charge in [0.1, 0.15) is 11.2 Å². The molecule has 2 aromatic heterocycles. The van der Waals surface area contributed by atoms with Crippen LogP contribution in [0.5, 0.6) is 0 Å². The number of nitrogens with zero attached hydrogens (tertiary/aromatic N) is 3. The highest BCUT2D eigenvalue weighted by Crippen LogP contribution is 2.48. The molecule has 2 heterocycles. The summed E-state index contributed by atoms with van der Waals surface area (Å²) >= 11 is 0. The molecule has 0 aliphatic rings. The van der Waals surface area contributed by atoms with Crippen molar-refractivity contribution in [3.8, 4) is 5.69 Å². The highest BCUT2D eigenvalue weighted by Gasteiger charge is 2.25. The Bertz CT molecular complexity index is 2760. The third-order valence-corrected chi connectivity index (χ3v) is 9.91. The highest BCUT2D eigenvalue weighted by atomic mass is 16.3. The van der Waals surface area contributed by atoms with E-state index in [2.05, 4.69) is 202 Å².